The van der Waals surface area contributed by atoms with E-state index in [0.717, 1.165) is 13.5 Å². The highest BCUT2D eigenvalue weighted by Crippen LogP contribution is 2.41. The minimum absolute atomic E-state index is 0.107. The van der Waals surface area contributed by atoms with Gasteiger partial charge in [-0.25, -0.2) is 4.79 Å². The zero-order chi connectivity index (χ0) is 20.7. The average molecular weight is 392 g/mol. The van der Waals surface area contributed by atoms with Crippen LogP contribution in [0, 0.1) is 0 Å². The third-order valence-corrected chi connectivity index (χ3v) is 5.57. The predicted molar refractivity (Wildman–Crippen MR) is 102 cm³/mol. The lowest BCUT2D eigenvalue weighted by Crippen LogP contribution is -2.39. The van der Waals surface area contributed by atoms with Gasteiger partial charge in [0.05, 0.1) is 0 Å². The first-order chi connectivity index (χ1) is 13.0. The van der Waals surface area contributed by atoms with E-state index in [-0.39, 0.29) is 21.9 Å². The summed E-state index contributed by atoms with van der Waals surface area (Å²) in [5.41, 5.74) is 3.00. The highest BCUT2D eigenvalue weighted by atomic mass is 19.4. The molecule has 1 amide bonds. The summed E-state index contributed by atoms with van der Waals surface area (Å²) >= 11 is 0. The van der Waals surface area contributed by atoms with Crippen molar-refractivity contribution < 1.29 is 23.1 Å². The highest BCUT2D eigenvalue weighted by molar-refractivity contribution is 5.65. The van der Waals surface area contributed by atoms with Crippen LogP contribution in [0.15, 0.2) is 48.5 Å². The van der Waals surface area contributed by atoms with Gasteiger partial charge >= 0.3 is 12.3 Å². The summed E-state index contributed by atoms with van der Waals surface area (Å²) in [4.78, 5) is 11.3. The third-order valence-electron chi connectivity index (χ3n) is 5.57. The Kier molecular flexibility index (Phi) is 5.04. The minimum Gasteiger partial charge on any atom is -0.465 e. The van der Waals surface area contributed by atoms with E-state index in [4.69, 9.17) is 5.11 Å². The highest BCUT2D eigenvalue weighted by Gasteiger charge is 2.45. The van der Waals surface area contributed by atoms with E-state index in [2.05, 4.69) is 31.3 Å². The first kappa shape index (κ1) is 20.0. The summed E-state index contributed by atoms with van der Waals surface area (Å²) in [5.74, 6) is 0. The number of alkyl halides is 3. The minimum atomic E-state index is -4.70. The van der Waals surface area contributed by atoms with Gasteiger partial charge in [-0.15, -0.1) is 0 Å². The van der Waals surface area contributed by atoms with Crippen molar-refractivity contribution in [3.05, 3.63) is 65.2 Å². The van der Waals surface area contributed by atoms with Gasteiger partial charge in [-0.1, -0.05) is 50.2 Å². The first-order valence-corrected chi connectivity index (χ1v) is 8.99. The standard InChI is InChI=1S/C21H23F3N2O2/c1-20(2)16-7-5-4-6-14(16)12-17(20)25-15-10-8-13(9-11-15)18(21(22,23)24)26(3)19(27)28/h4-11,17-18,25H,12H2,1-3H3,(H,27,28)/t17?,18-/m0/s1. The van der Waals surface area contributed by atoms with Crippen LogP contribution < -0.4 is 5.32 Å². The molecule has 7 heteroatoms. The van der Waals surface area contributed by atoms with Crippen LogP contribution in [0.3, 0.4) is 0 Å². The zero-order valence-electron chi connectivity index (χ0n) is 15.9. The molecule has 0 fully saturated rings. The molecule has 1 aliphatic rings. The summed E-state index contributed by atoms with van der Waals surface area (Å²) in [5, 5.41) is 12.4. The quantitative estimate of drug-likeness (QED) is 0.751. The Balaban J connectivity index is 1.81. The molecule has 2 aromatic rings. The molecule has 0 radical (unpaired) electrons. The first-order valence-electron chi connectivity index (χ1n) is 8.99. The van der Waals surface area contributed by atoms with Gasteiger partial charge < -0.3 is 10.4 Å². The molecule has 2 atom stereocenters. The molecule has 2 aromatic carbocycles. The van der Waals surface area contributed by atoms with Crippen molar-refractivity contribution in [1.29, 1.82) is 0 Å². The maximum atomic E-state index is 13.4. The molecule has 28 heavy (non-hydrogen) atoms. The maximum Gasteiger partial charge on any atom is 0.413 e. The van der Waals surface area contributed by atoms with Crippen molar-refractivity contribution in [1.82, 2.24) is 4.90 Å². The molecule has 1 unspecified atom stereocenters. The van der Waals surface area contributed by atoms with Crippen molar-refractivity contribution in [3.8, 4) is 0 Å². The number of amides is 1. The Morgan fingerprint density at radius 1 is 1.18 bits per heavy atom. The molecular formula is C21H23F3N2O2. The van der Waals surface area contributed by atoms with Crippen LogP contribution in [-0.2, 0) is 11.8 Å². The summed E-state index contributed by atoms with van der Waals surface area (Å²) in [6, 6.07) is 11.9. The van der Waals surface area contributed by atoms with Crippen LogP contribution >= 0.6 is 0 Å². The lowest BCUT2D eigenvalue weighted by Gasteiger charge is -2.30. The maximum absolute atomic E-state index is 13.4. The molecule has 150 valence electrons. The Labute approximate surface area is 162 Å². The number of nitrogens with zero attached hydrogens (tertiary/aromatic N) is 1. The van der Waals surface area contributed by atoms with Crippen LogP contribution in [0.25, 0.3) is 0 Å². The Bertz CT molecular complexity index is 863. The molecule has 0 saturated carbocycles. The molecule has 0 aromatic heterocycles. The van der Waals surface area contributed by atoms with Crippen LogP contribution in [0.5, 0.6) is 0 Å². The number of fused-ring (bicyclic) bond motifs is 1. The number of rotatable bonds is 4. The summed E-state index contributed by atoms with van der Waals surface area (Å²) < 4.78 is 40.1. The van der Waals surface area contributed by atoms with Crippen molar-refractivity contribution in [2.45, 2.75) is 43.9 Å². The topological polar surface area (TPSA) is 52.6 Å². The lowest BCUT2D eigenvalue weighted by molar-refractivity contribution is -0.177. The van der Waals surface area contributed by atoms with E-state index in [1.165, 1.54) is 23.3 Å². The van der Waals surface area contributed by atoms with Crippen molar-refractivity contribution in [3.63, 3.8) is 0 Å². The lowest BCUT2D eigenvalue weighted by atomic mass is 9.83. The Morgan fingerprint density at radius 3 is 2.32 bits per heavy atom. The second-order valence-corrected chi connectivity index (χ2v) is 7.74. The molecular weight excluding hydrogens is 369 g/mol. The molecule has 0 heterocycles. The fourth-order valence-electron chi connectivity index (χ4n) is 3.93. The monoisotopic (exact) mass is 392 g/mol. The third kappa shape index (κ3) is 3.66. The smallest absolute Gasteiger partial charge is 0.413 e. The second kappa shape index (κ2) is 7.04. The van der Waals surface area contributed by atoms with Crippen LogP contribution in [0.1, 0.15) is 36.6 Å². The van der Waals surface area contributed by atoms with E-state index < -0.39 is 18.3 Å². The van der Waals surface area contributed by atoms with Gasteiger partial charge in [-0.05, 0) is 35.2 Å². The van der Waals surface area contributed by atoms with E-state index in [0.29, 0.717) is 5.69 Å². The molecule has 0 aliphatic heterocycles. The van der Waals surface area contributed by atoms with Gasteiger partial charge in [0.15, 0.2) is 6.04 Å². The van der Waals surface area contributed by atoms with Gasteiger partial charge in [-0.2, -0.15) is 13.2 Å². The Hall–Kier alpha value is -2.70. The van der Waals surface area contributed by atoms with Crippen LogP contribution in [0.2, 0.25) is 0 Å². The fourth-order valence-corrected chi connectivity index (χ4v) is 3.93. The van der Waals surface area contributed by atoms with E-state index in [9.17, 15) is 18.0 Å². The predicted octanol–water partition coefficient (Wildman–Crippen LogP) is 5.21. The largest absolute Gasteiger partial charge is 0.465 e. The normalized spacial score (nSPS) is 19.0. The average Bonchev–Trinajstić information content (AvgIpc) is 2.86. The summed E-state index contributed by atoms with van der Waals surface area (Å²) in [6.07, 6.45) is -5.50. The van der Waals surface area contributed by atoms with E-state index in [1.807, 2.05) is 12.1 Å². The molecule has 3 rings (SSSR count). The molecule has 4 nitrogen and oxygen atoms in total. The number of anilines is 1. The molecule has 0 bridgehead atoms. The second-order valence-electron chi connectivity index (χ2n) is 7.74. The molecule has 1 aliphatic carbocycles. The fraction of sp³-hybridized carbons (Fsp3) is 0.381. The van der Waals surface area contributed by atoms with E-state index in [1.54, 1.807) is 12.1 Å². The molecule has 0 saturated heterocycles. The van der Waals surface area contributed by atoms with Crippen LogP contribution in [-0.4, -0.2) is 35.4 Å². The number of carbonyl (C=O) groups is 1. The SMILES string of the molecule is CN(C(=O)O)[C@@H](c1ccc(NC2Cc3ccccc3C2(C)C)cc1)C(F)(F)F. The van der Waals surface area contributed by atoms with Crippen molar-refractivity contribution in [2.24, 2.45) is 0 Å². The van der Waals surface area contributed by atoms with Crippen molar-refractivity contribution in [2.75, 3.05) is 12.4 Å². The van der Waals surface area contributed by atoms with E-state index >= 15 is 0 Å². The number of benzene rings is 2. The number of halogens is 3. The number of nitrogens with one attached hydrogen (secondary N) is 1. The molecule has 2 N–H and O–H groups in total. The van der Waals surface area contributed by atoms with Gasteiger partial charge in [0.25, 0.3) is 0 Å². The summed E-state index contributed by atoms with van der Waals surface area (Å²) in [7, 11) is 0.922. The molecule has 0 spiro atoms. The van der Waals surface area contributed by atoms with Gasteiger partial charge in [0, 0.05) is 24.2 Å². The number of hydrogen-bond donors (Lipinski definition) is 2. The van der Waals surface area contributed by atoms with Crippen LogP contribution in [0.4, 0.5) is 23.7 Å². The summed E-state index contributed by atoms with van der Waals surface area (Å²) in [6.45, 7) is 4.29. The van der Waals surface area contributed by atoms with Crippen molar-refractivity contribution >= 4 is 11.8 Å². The number of carboxylic acid groups (broad SMARTS) is 1. The Morgan fingerprint density at radius 2 is 1.79 bits per heavy atom. The van der Waals surface area contributed by atoms with Gasteiger partial charge in [0.2, 0.25) is 0 Å². The number of hydrogen-bond acceptors (Lipinski definition) is 2. The van der Waals surface area contributed by atoms with Gasteiger partial charge in [0.1, 0.15) is 0 Å². The zero-order valence-corrected chi connectivity index (χ0v) is 15.9. The van der Waals surface area contributed by atoms with Gasteiger partial charge in [-0.3, -0.25) is 4.90 Å².